The lowest BCUT2D eigenvalue weighted by atomic mass is 10.2. The maximum atomic E-state index is 12.2. The highest BCUT2D eigenvalue weighted by Crippen LogP contribution is 2.31. The van der Waals surface area contributed by atoms with E-state index in [2.05, 4.69) is 20.9 Å². The Bertz CT molecular complexity index is 750. The molecule has 0 saturated carbocycles. The van der Waals surface area contributed by atoms with Crippen molar-refractivity contribution >= 4 is 39.0 Å². The van der Waals surface area contributed by atoms with Crippen molar-refractivity contribution in [1.82, 2.24) is 14.5 Å². The molecule has 0 bridgehead atoms. The first-order chi connectivity index (χ1) is 10.7. The minimum absolute atomic E-state index is 0.113. The van der Waals surface area contributed by atoms with E-state index in [-0.39, 0.29) is 12.1 Å². The average Bonchev–Trinajstić information content (AvgIpc) is 3.00. The Hall–Kier alpha value is -1.76. The summed E-state index contributed by atoms with van der Waals surface area (Å²) in [5.74, 6) is 0.481. The number of carbonyl (C=O) groups is 1. The van der Waals surface area contributed by atoms with Gasteiger partial charge in [0, 0.05) is 17.6 Å². The van der Waals surface area contributed by atoms with Gasteiger partial charge >= 0.3 is 6.09 Å². The molecular weight excluding hydrogens is 360 g/mol. The third-order valence-corrected chi connectivity index (χ3v) is 4.35. The molecule has 1 aliphatic rings. The maximum absolute atomic E-state index is 12.2. The number of nitrogen functional groups attached to an aromatic ring is 1. The number of nitrogens with zero attached hydrogens (tertiary/aromatic N) is 3. The number of imidazole rings is 1. The molecule has 124 valence electrons. The normalized spacial score (nSPS) is 18.6. The minimum Gasteiger partial charge on any atom is -0.444 e. The third-order valence-electron chi connectivity index (χ3n) is 3.86. The van der Waals surface area contributed by atoms with Gasteiger partial charge < -0.3 is 19.9 Å². The van der Waals surface area contributed by atoms with E-state index in [1.165, 1.54) is 0 Å². The van der Waals surface area contributed by atoms with Crippen LogP contribution in [0.1, 0.15) is 33.2 Å². The zero-order valence-electron chi connectivity index (χ0n) is 13.5. The Morgan fingerprint density at radius 2 is 2.17 bits per heavy atom. The number of benzene rings is 1. The van der Waals surface area contributed by atoms with Gasteiger partial charge in [0.2, 0.25) is 5.95 Å². The number of rotatable bonds is 1. The second-order valence-electron chi connectivity index (χ2n) is 6.84. The van der Waals surface area contributed by atoms with Gasteiger partial charge in [-0.3, -0.25) is 0 Å². The molecular formula is C16H21BrN4O2. The van der Waals surface area contributed by atoms with E-state index in [9.17, 15) is 4.79 Å². The molecule has 3 rings (SSSR count). The van der Waals surface area contributed by atoms with Crippen molar-refractivity contribution in [2.45, 2.75) is 38.8 Å². The number of nitrogens with two attached hydrogens (primary N) is 1. The first-order valence-electron chi connectivity index (χ1n) is 7.65. The molecule has 2 N–H and O–H groups in total. The van der Waals surface area contributed by atoms with Crippen molar-refractivity contribution in [2.75, 3.05) is 18.8 Å². The van der Waals surface area contributed by atoms with E-state index in [4.69, 9.17) is 10.5 Å². The van der Waals surface area contributed by atoms with Crippen molar-refractivity contribution < 1.29 is 9.53 Å². The van der Waals surface area contributed by atoms with Crippen molar-refractivity contribution in [2.24, 2.45) is 0 Å². The first-order valence-corrected chi connectivity index (χ1v) is 8.45. The standard InChI is InChI=1S/C16H21BrN4O2/c1-16(2,3)23-15(22)20-7-6-11(9-20)21-13-8-10(17)4-5-12(13)19-14(21)18/h4-5,8,11H,6-7,9H2,1-3H3,(H2,18,19). The number of hydrogen-bond acceptors (Lipinski definition) is 4. The zero-order valence-corrected chi connectivity index (χ0v) is 15.1. The fourth-order valence-corrected chi connectivity index (χ4v) is 3.26. The fourth-order valence-electron chi connectivity index (χ4n) is 2.91. The second-order valence-corrected chi connectivity index (χ2v) is 7.76. The van der Waals surface area contributed by atoms with Gasteiger partial charge in [-0.2, -0.15) is 0 Å². The molecule has 1 fully saturated rings. The van der Waals surface area contributed by atoms with Crippen LogP contribution in [0.25, 0.3) is 11.0 Å². The number of anilines is 1. The molecule has 1 aromatic heterocycles. The number of carbonyl (C=O) groups excluding carboxylic acids is 1. The molecule has 2 aromatic rings. The molecule has 6 nitrogen and oxygen atoms in total. The summed E-state index contributed by atoms with van der Waals surface area (Å²) in [5.41, 5.74) is 7.47. The van der Waals surface area contributed by atoms with E-state index >= 15 is 0 Å². The molecule has 0 aliphatic carbocycles. The van der Waals surface area contributed by atoms with Crippen LogP contribution in [0.4, 0.5) is 10.7 Å². The first kappa shape index (κ1) is 16.1. The van der Waals surface area contributed by atoms with Crippen LogP contribution >= 0.6 is 15.9 Å². The number of halogens is 1. The fraction of sp³-hybridized carbons (Fsp3) is 0.500. The third kappa shape index (κ3) is 3.29. The van der Waals surface area contributed by atoms with Crippen LogP contribution in [0.3, 0.4) is 0 Å². The molecule has 7 heteroatoms. The minimum atomic E-state index is -0.485. The summed E-state index contributed by atoms with van der Waals surface area (Å²) in [7, 11) is 0. The summed E-state index contributed by atoms with van der Waals surface area (Å²) in [4.78, 5) is 18.4. The Morgan fingerprint density at radius 1 is 1.43 bits per heavy atom. The summed E-state index contributed by atoms with van der Waals surface area (Å²) in [6.45, 7) is 6.86. The Balaban J connectivity index is 1.83. The van der Waals surface area contributed by atoms with Crippen LogP contribution in [0, 0.1) is 0 Å². The summed E-state index contributed by atoms with van der Waals surface area (Å²) in [6.07, 6.45) is 0.561. The van der Waals surface area contributed by atoms with E-state index < -0.39 is 5.60 Å². The van der Waals surface area contributed by atoms with Gasteiger partial charge in [0.25, 0.3) is 0 Å². The largest absolute Gasteiger partial charge is 0.444 e. The smallest absolute Gasteiger partial charge is 0.410 e. The van der Waals surface area contributed by atoms with Crippen LogP contribution < -0.4 is 5.73 Å². The van der Waals surface area contributed by atoms with Crippen LogP contribution in [0.15, 0.2) is 22.7 Å². The summed E-state index contributed by atoms with van der Waals surface area (Å²) >= 11 is 3.49. The molecule has 0 radical (unpaired) electrons. The molecule has 23 heavy (non-hydrogen) atoms. The molecule has 1 amide bonds. The molecule has 1 saturated heterocycles. The monoisotopic (exact) mass is 380 g/mol. The Morgan fingerprint density at radius 3 is 2.87 bits per heavy atom. The highest BCUT2D eigenvalue weighted by Gasteiger charge is 2.32. The highest BCUT2D eigenvalue weighted by atomic mass is 79.9. The zero-order chi connectivity index (χ0) is 16.8. The van der Waals surface area contributed by atoms with Crippen LogP contribution in [-0.2, 0) is 4.74 Å². The second kappa shape index (κ2) is 5.70. The van der Waals surface area contributed by atoms with E-state index in [0.29, 0.717) is 19.0 Å². The van der Waals surface area contributed by atoms with E-state index in [1.807, 2.05) is 43.5 Å². The molecule has 0 spiro atoms. The van der Waals surface area contributed by atoms with Gasteiger partial charge in [-0.25, -0.2) is 9.78 Å². The van der Waals surface area contributed by atoms with Gasteiger partial charge in [0.1, 0.15) is 5.60 Å². The van der Waals surface area contributed by atoms with Gasteiger partial charge in [0.15, 0.2) is 0 Å². The van der Waals surface area contributed by atoms with Crippen molar-refractivity contribution in [1.29, 1.82) is 0 Å². The lowest BCUT2D eigenvalue weighted by Gasteiger charge is -2.24. The molecule has 1 aliphatic heterocycles. The van der Waals surface area contributed by atoms with Gasteiger partial charge in [0.05, 0.1) is 17.1 Å². The Kier molecular flexibility index (Phi) is 4.00. The predicted octanol–water partition coefficient (Wildman–Crippen LogP) is 3.56. The number of hydrogen-bond donors (Lipinski definition) is 1. The summed E-state index contributed by atoms with van der Waals surface area (Å²) in [6, 6.07) is 6.00. The average molecular weight is 381 g/mol. The number of amides is 1. The number of ether oxygens (including phenoxy) is 1. The molecule has 2 heterocycles. The van der Waals surface area contributed by atoms with Crippen molar-refractivity contribution in [3.63, 3.8) is 0 Å². The Labute approximate surface area is 143 Å². The van der Waals surface area contributed by atoms with Gasteiger partial charge in [-0.05, 0) is 45.4 Å². The van der Waals surface area contributed by atoms with Crippen LogP contribution in [-0.4, -0.2) is 39.2 Å². The lowest BCUT2D eigenvalue weighted by molar-refractivity contribution is 0.0289. The molecule has 1 unspecified atom stereocenters. The summed E-state index contributed by atoms with van der Waals surface area (Å²) < 4.78 is 8.45. The van der Waals surface area contributed by atoms with E-state index in [1.54, 1.807) is 4.90 Å². The van der Waals surface area contributed by atoms with Crippen molar-refractivity contribution in [3.8, 4) is 0 Å². The quantitative estimate of drug-likeness (QED) is 0.820. The number of fused-ring (bicyclic) bond motifs is 1. The topological polar surface area (TPSA) is 73.4 Å². The van der Waals surface area contributed by atoms with Crippen LogP contribution in [0.5, 0.6) is 0 Å². The predicted molar refractivity (Wildman–Crippen MR) is 93.3 cm³/mol. The highest BCUT2D eigenvalue weighted by molar-refractivity contribution is 9.10. The lowest BCUT2D eigenvalue weighted by Crippen LogP contribution is -2.35. The van der Waals surface area contributed by atoms with Gasteiger partial charge in [-0.1, -0.05) is 15.9 Å². The molecule has 1 atom stereocenters. The number of likely N-dealkylation sites (tertiary alicyclic amines) is 1. The van der Waals surface area contributed by atoms with Gasteiger partial charge in [-0.15, -0.1) is 0 Å². The van der Waals surface area contributed by atoms with E-state index in [0.717, 1.165) is 21.9 Å². The maximum Gasteiger partial charge on any atom is 0.410 e. The number of aromatic nitrogens is 2. The summed E-state index contributed by atoms with van der Waals surface area (Å²) in [5, 5.41) is 0. The SMILES string of the molecule is CC(C)(C)OC(=O)N1CCC(n2c(N)nc3ccc(Br)cc32)C1. The van der Waals surface area contributed by atoms with Crippen LogP contribution in [0.2, 0.25) is 0 Å². The molecule has 1 aromatic carbocycles. The van der Waals surface area contributed by atoms with Crippen molar-refractivity contribution in [3.05, 3.63) is 22.7 Å².